The van der Waals surface area contributed by atoms with Gasteiger partial charge in [0, 0.05) is 24.9 Å². The summed E-state index contributed by atoms with van der Waals surface area (Å²) in [6.45, 7) is 5.80. The zero-order valence-electron chi connectivity index (χ0n) is 21.2. The third-order valence-electron chi connectivity index (χ3n) is 6.63. The fraction of sp³-hybridized carbons (Fsp3) is 0.310. The number of para-hydroxylation sites is 2. The van der Waals surface area contributed by atoms with Gasteiger partial charge in [0.2, 0.25) is 5.91 Å². The molecule has 4 aromatic rings. The Bertz CT molecular complexity index is 1390. The number of benzene rings is 3. The molecule has 0 radical (unpaired) electrons. The molecule has 0 bridgehead atoms. The summed E-state index contributed by atoms with van der Waals surface area (Å²) in [6.07, 6.45) is 0.377. The lowest BCUT2D eigenvalue weighted by molar-refractivity contribution is -0.117. The maximum absolute atomic E-state index is 13.2. The minimum absolute atomic E-state index is 0.0386. The van der Waals surface area contributed by atoms with Crippen molar-refractivity contribution < 1.29 is 19.0 Å². The van der Waals surface area contributed by atoms with Crippen LogP contribution < -0.4 is 19.1 Å². The van der Waals surface area contributed by atoms with Crippen LogP contribution in [0.2, 0.25) is 0 Å². The van der Waals surface area contributed by atoms with Crippen molar-refractivity contribution in [2.24, 2.45) is 0 Å². The Balaban J connectivity index is 1.42. The molecule has 1 amide bonds. The summed E-state index contributed by atoms with van der Waals surface area (Å²) in [5, 5.41) is 0. The number of hydrogen-bond acceptors (Lipinski definition) is 5. The second-order valence-corrected chi connectivity index (χ2v) is 9.23. The molecule has 1 saturated heterocycles. The monoisotopic (exact) mass is 485 g/mol. The second-order valence-electron chi connectivity index (χ2n) is 9.23. The summed E-state index contributed by atoms with van der Waals surface area (Å²) in [5.41, 5.74) is 5.03. The minimum Gasteiger partial charge on any atom is -0.497 e. The van der Waals surface area contributed by atoms with E-state index in [0.717, 1.165) is 22.6 Å². The number of carbonyl (C=O) groups excluding carboxylic acids is 1. The molecule has 7 nitrogen and oxygen atoms in total. The van der Waals surface area contributed by atoms with E-state index in [1.807, 2.05) is 36.4 Å². The lowest BCUT2D eigenvalue weighted by Gasteiger charge is -2.20. The zero-order valence-corrected chi connectivity index (χ0v) is 21.2. The van der Waals surface area contributed by atoms with E-state index in [0.29, 0.717) is 43.3 Å². The van der Waals surface area contributed by atoms with Crippen LogP contribution in [0.4, 0.5) is 5.69 Å². The van der Waals surface area contributed by atoms with Gasteiger partial charge in [0.1, 0.15) is 29.7 Å². The average molecular weight is 486 g/mol. The number of nitrogens with zero attached hydrogens (tertiary/aromatic N) is 3. The number of fused-ring (bicyclic) bond motifs is 1. The van der Waals surface area contributed by atoms with E-state index in [4.69, 9.17) is 19.2 Å². The van der Waals surface area contributed by atoms with Gasteiger partial charge in [-0.2, -0.15) is 0 Å². The molecule has 1 fully saturated rings. The van der Waals surface area contributed by atoms with Gasteiger partial charge in [-0.3, -0.25) is 4.79 Å². The van der Waals surface area contributed by atoms with Gasteiger partial charge in [-0.15, -0.1) is 0 Å². The smallest absolute Gasteiger partial charge is 0.227 e. The maximum Gasteiger partial charge on any atom is 0.227 e. The van der Waals surface area contributed by atoms with Gasteiger partial charge in [0.05, 0.1) is 37.5 Å². The van der Waals surface area contributed by atoms with Crippen LogP contribution in [-0.4, -0.2) is 42.8 Å². The summed E-state index contributed by atoms with van der Waals surface area (Å²) in [7, 11) is 3.22. The number of carbonyl (C=O) groups is 1. The molecular formula is C29H31N3O4. The van der Waals surface area contributed by atoms with Crippen LogP contribution in [0.1, 0.15) is 29.3 Å². The Labute approximate surface area is 211 Å². The van der Waals surface area contributed by atoms with E-state index in [1.165, 1.54) is 11.1 Å². The molecule has 5 rings (SSSR count). The van der Waals surface area contributed by atoms with Gasteiger partial charge in [-0.05, 0) is 61.4 Å². The number of rotatable bonds is 8. The molecule has 1 atom stereocenters. The lowest BCUT2D eigenvalue weighted by atomic mass is 10.1. The number of methoxy groups -OCH3 is 2. The van der Waals surface area contributed by atoms with Gasteiger partial charge >= 0.3 is 0 Å². The molecule has 0 N–H and O–H groups in total. The quantitative estimate of drug-likeness (QED) is 0.340. The molecule has 36 heavy (non-hydrogen) atoms. The standard InChI is InChI=1S/C29H31N3O4/c1-19-13-20(2)15-23(14-19)36-12-11-31-25-8-6-5-7-24(25)30-29(31)21-16-28(33)32(18-21)26-17-22(34-3)9-10-27(26)35-4/h5-10,13-15,17,21H,11-12,16,18H2,1-4H3/t21-/m1/s1. The van der Waals surface area contributed by atoms with Gasteiger partial charge in [0.15, 0.2) is 0 Å². The molecule has 7 heteroatoms. The summed E-state index contributed by atoms with van der Waals surface area (Å²) < 4.78 is 19.2. The highest BCUT2D eigenvalue weighted by atomic mass is 16.5. The Kier molecular flexibility index (Phi) is 6.55. The van der Waals surface area contributed by atoms with E-state index in [2.05, 4.69) is 42.7 Å². The van der Waals surface area contributed by atoms with Crippen molar-refractivity contribution in [3.63, 3.8) is 0 Å². The molecular weight excluding hydrogens is 454 g/mol. The molecule has 3 aromatic carbocycles. The molecule has 0 spiro atoms. The van der Waals surface area contributed by atoms with Crippen molar-refractivity contribution >= 4 is 22.6 Å². The van der Waals surface area contributed by atoms with Gasteiger partial charge in [-0.25, -0.2) is 4.98 Å². The van der Waals surface area contributed by atoms with Crippen molar-refractivity contribution in [1.29, 1.82) is 0 Å². The van der Waals surface area contributed by atoms with E-state index < -0.39 is 0 Å². The second kappa shape index (κ2) is 9.93. The summed E-state index contributed by atoms with van der Waals surface area (Å²) in [5.74, 6) is 3.07. The van der Waals surface area contributed by atoms with Gasteiger partial charge in [0.25, 0.3) is 0 Å². The highest BCUT2D eigenvalue weighted by molar-refractivity contribution is 5.98. The predicted octanol–water partition coefficient (Wildman–Crippen LogP) is 5.27. The van der Waals surface area contributed by atoms with Crippen LogP contribution in [0.5, 0.6) is 17.2 Å². The van der Waals surface area contributed by atoms with E-state index in [9.17, 15) is 4.79 Å². The van der Waals surface area contributed by atoms with E-state index in [1.54, 1.807) is 19.1 Å². The van der Waals surface area contributed by atoms with Crippen molar-refractivity contribution in [2.75, 3.05) is 32.3 Å². The minimum atomic E-state index is -0.0537. The highest BCUT2D eigenvalue weighted by Gasteiger charge is 2.36. The van der Waals surface area contributed by atoms with Gasteiger partial charge < -0.3 is 23.7 Å². The van der Waals surface area contributed by atoms with Crippen LogP contribution in [0.15, 0.2) is 60.7 Å². The number of anilines is 1. The molecule has 0 saturated carbocycles. The van der Waals surface area contributed by atoms with Crippen molar-refractivity contribution in [3.05, 3.63) is 77.6 Å². The molecule has 0 unspecified atom stereocenters. The number of aryl methyl sites for hydroxylation is 2. The van der Waals surface area contributed by atoms with Gasteiger partial charge in [-0.1, -0.05) is 18.2 Å². The molecule has 186 valence electrons. The molecule has 1 aliphatic rings. The third kappa shape index (κ3) is 4.61. The third-order valence-corrected chi connectivity index (χ3v) is 6.63. The van der Waals surface area contributed by atoms with Crippen molar-refractivity contribution in [2.45, 2.75) is 32.7 Å². The van der Waals surface area contributed by atoms with Crippen LogP contribution in [0.25, 0.3) is 11.0 Å². The Morgan fingerprint density at radius 3 is 2.47 bits per heavy atom. The number of imidazole rings is 1. The summed E-state index contributed by atoms with van der Waals surface area (Å²) in [6, 6.07) is 19.8. The molecule has 2 heterocycles. The first-order valence-electron chi connectivity index (χ1n) is 12.2. The number of ether oxygens (including phenoxy) is 3. The maximum atomic E-state index is 13.2. The first-order valence-corrected chi connectivity index (χ1v) is 12.2. The Morgan fingerprint density at radius 2 is 1.72 bits per heavy atom. The number of amides is 1. The fourth-order valence-electron chi connectivity index (χ4n) is 5.03. The summed E-state index contributed by atoms with van der Waals surface area (Å²) in [4.78, 5) is 19.9. The molecule has 1 aromatic heterocycles. The van der Waals surface area contributed by atoms with Crippen molar-refractivity contribution in [1.82, 2.24) is 9.55 Å². The Morgan fingerprint density at radius 1 is 0.944 bits per heavy atom. The normalized spacial score (nSPS) is 15.5. The largest absolute Gasteiger partial charge is 0.497 e. The van der Waals surface area contributed by atoms with Crippen molar-refractivity contribution in [3.8, 4) is 17.2 Å². The van der Waals surface area contributed by atoms with E-state index in [-0.39, 0.29) is 11.8 Å². The number of hydrogen-bond donors (Lipinski definition) is 0. The highest BCUT2D eigenvalue weighted by Crippen LogP contribution is 2.39. The average Bonchev–Trinajstić information content (AvgIpc) is 3.43. The van der Waals surface area contributed by atoms with Crippen LogP contribution in [-0.2, 0) is 11.3 Å². The van der Waals surface area contributed by atoms with Crippen LogP contribution >= 0.6 is 0 Å². The summed E-state index contributed by atoms with van der Waals surface area (Å²) >= 11 is 0. The van der Waals surface area contributed by atoms with E-state index >= 15 is 0 Å². The Hall–Kier alpha value is -4.00. The molecule has 0 aliphatic carbocycles. The lowest BCUT2D eigenvalue weighted by Crippen LogP contribution is -2.25. The zero-order chi connectivity index (χ0) is 25.2. The first kappa shape index (κ1) is 23.7. The topological polar surface area (TPSA) is 65.8 Å². The van der Waals surface area contributed by atoms with Crippen LogP contribution in [0, 0.1) is 13.8 Å². The SMILES string of the molecule is COc1ccc(OC)c(N2C[C@H](c3nc4ccccc4n3CCOc3cc(C)cc(C)c3)CC2=O)c1. The predicted molar refractivity (Wildman–Crippen MR) is 140 cm³/mol. The number of aromatic nitrogens is 2. The fourth-order valence-corrected chi connectivity index (χ4v) is 5.03. The van der Waals surface area contributed by atoms with Crippen LogP contribution in [0.3, 0.4) is 0 Å². The first-order chi connectivity index (χ1) is 17.5. The molecule has 1 aliphatic heterocycles.